The molecule has 3 aliphatic rings. The number of hydrogen-bond acceptors (Lipinski definition) is 5. The Balaban J connectivity index is 1.28. The van der Waals surface area contributed by atoms with Crippen molar-refractivity contribution in [1.82, 2.24) is 20.4 Å². The second kappa shape index (κ2) is 8.93. The monoisotopic (exact) mass is 404 g/mol. The number of nitrogens with zero attached hydrogens (tertiary/aromatic N) is 2. The normalized spacial score (nSPS) is 28.5. The summed E-state index contributed by atoms with van der Waals surface area (Å²) in [5.41, 5.74) is 0. The quantitative estimate of drug-likeness (QED) is 0.730. The molecular formula is C21H32N4O2S. The summed E-state index contributed by atoms with van der Waals surface area (Å²) in [6.07, 6.45) is 6.35. The van der Waals surface area contributed by atoms with Gasteiger partial charge in [0.15, 0.2) is 0 Å². The lowest BCUT2D eigenvalue weighted by atomic mass is 10.0. The van der Waals surface area contributed by atoms with Crippen LogP contribution in [0.15, 0.2) is 12.1 Å². The Kier molecular flexibility index (Phi) is 6.33. The van der Waals surface area contributed by atoms with Gasteiger partial charge in [0, 0.05) is 35.4 Å². The standard InChI is InChI=1S/C21H32N4O2S/c1-2-6-18-21(27)25-13-15(11-19(25)20(26)23-18)22-12-16-7-8-17(28-16)14-24-9-4-3-5-10-24/h7-8,15,18-19,22H,2-6,9-14H2,1H3,(H,23,26)/t15-,18-,19-/m0/s1. The summed E-state index contributed by atoms with van der Waals surface area (Å²) < 4.78 is 0. The van der Waals surface area contributed by atoms with E-state index in [-0.39, 0.29) is 29.9 Å². The van der Waals surface area contributed by atoms with E-state index in [1.807, 2.05) is 18.3 Å². The van der Waals surface area contributed by atoms with Gasteiger partial charge < -0.3 is 15.5 Å². The van der Waals surface area contributed by atoms with Crippen LogP contribution in [-0.4, -0.2) is 59.4 Å². The summed E-state index contributed by atoms with van der Waals surface area (Å²) in [6.45, 7) is 7.00. The highest BCUT2D eigenvalue weighted by atomic mass is 32.1. The molecule has 4 heterocycles. The zero-order valence-corrected chi connectivity index (χ0v) is 17.6. The van der Waals surface area contributed by atoms with Gasteiger partial charge in [-0.05, 0) is 50.9 Å². The number of likely N-dealkylation sites (tertiary alicyclic amines) is 1. The molecule has 0 aromatic carbocycles. The molecule has 1 aromatic rings. The highest BCUT2D eigenvalue weighted by Crippen LogP contribution is 2.25. The molecule has 7 heteroatoms. The molecule has 4 rings (SSSR count). The van der Waals surface area contributed by atoms with Gasteiger partial charge in [0.1, 0.15) is 12.1 Å². The van der Waals surface area contributed by atoms with Crippen LogP contribution in [0.25, 0.3) is 0 Å². The highest BCUT2D eigenvalue weighted by Gasteiger charge is 2.45. The van der Waals surface area contributed by atoms with Gasteiger partial charge in [0.05, 0.1) is 0 Å². The molecule has 6 nitrogen and oxygen atoms in total. The molecule has 3 aliphatic heterocycles. The van der Waals surface area contributed by atoms with Crippen LogP contribution >= 0.6 is 11.3 Å². The lowest BCUT2D eigenvalue weighted by Gasteiger charge is -2.34. The molecule has 0 spiro atoms. The summed E-state index contributed by atoms with van der Waals surface area (Å²) in [7, 11) is 0. The number of nitrogens with one attached hydrogen (secondary N) is 2. The molecule has 2 amide bonds. The maximum atomic E-state index is 12.6. The van der Waals surface area contributed by atoms with E-state index in [1.165, 1.54) is 42.1 Å². The molecule has 28 heavy (non-hydrogen) atoms. The SMILES string of the molecule is CCC[C@@H]1NC(=O)[C@@H]2C[C@H](NCc3ccc(CN4CCCCC4)s3)CN2C1=O. The Labute approximate surface area is 171 Å². The molecule has 0 bridgehead atoms. The van der Waals surface area contributed by atoms with Gasteiger partial charge in [0.2, 0.25) is 11.8 Å². The highest BCUT2D eigenvalue weighted by molar-refractivity contribution is 7.11. The van der Waals surface area contributed by atoms with Crippen LogP contribution in [0.2, 0.25) is 0 Å². The third-order valence-electron chi connectivity index (χ3n) is 6.19. The van der Waals surface area contributed by atoms with Crippen LogP contribution < -0.4 is 10.6 Å². The first kappa shape index (κ1) is 19.9. The molecule has 0 saturated carbocycles. The summed E-state index contributed by atoms with van der Waals surface area (Å²) >= 11 is 1.88. The summed E-state index contributed by atoms with van der Waals surface area (Å²) in [5.74, 6) is 0.109. The fourth-order valence-electron chi connectivity index (χ4n) is 4.68. The molecule has 0 radical (unpaired) electrons. The van der Waals surface area contributed by atoms with Crippen molar-refractivity contribution in [2.24, 2.45) is 0 Å². The number of rotatable bonds is 7. The maximum absolute atomic E-state index is 12.6. The van der Waals surface area contributed by atoms with Crippen LogP contribution in [0.4, 0.5) is 0 Å². The largest absolute Gasteiger partial charge is 0.343 e. The van der Waals surface area contributed by atoms with Crippen molar-refractivity contribution in [3.63, 3.8) is 0 Å². The topological polar surface area (TPSA) is 64.7 Å². The number of thiophene rings is 1. The van der Waals surface area contributed by atoms with Crippen molar-refractivity contribution in [2.75, 3.05) is 19.6 Å². The zero-order valence-electron chi connectivity index (χ0n) is 16.8. The summed E-state index contributed by atoms with van der Waals surface area (Å²) in [5, 5.41) is 6.50. The smallest absolute Gasteiger partial charge is 0.245 e. The van der Waals surface area contributed by atoms with Crippen molar-refractivity contribution in [3.8, 4) is 0 Å². The van der Waals surface area contributed by atoms with E-state index < -0.39 is 0 Å². The number of carbonyl (C=O) groups is 2. The molecule has 2 N–H and O–H groups in total. The van der Waals surface area contributed by atoms with Crippen LogP contribution in [0.3, 0.4) is 0 Å². The minimum Gasteiger partial charge on any atom is -0.343 e. The van der Waals surface area contributed by atoms with Crippen molar-refractivity contribution in [3.05, 3.63) is 21.9 Å². The van der Waals surface area contributed by atoms with E-state index in [9.17, 15) is 9.59 Å². The number of piperazine rings is 1. The fraction of sp³-hybridized carbons (Fsp3) is 0.714. The molecule has 3 saturated heterocycles. The van der Waals surface area contributed by atoms with E-state index in [0.717, 1.165) is 25.9 Å². The van der Waals surface area contributed by atoms with E-state index in [1.54, 1.807) is 4.90 Å². The van der Waals surface area contributed by atoms with Crippen LogP contribution in [0.1, 0.15) is 55.2 Å². The Morgan fingerprint density at radius 2 is 1.96 bits per heavy atom. The van der Waals surface area contributed by atoms with Gasteiger partial charge in [-0.1, -0.05) is 19.8 Å². The predicted molar refractivity (Wildman–Crippen MR) is 111 cm³/mol. The first-order valence-electron chi connectivity index (χ1n) is 10.8. The Hall–Kier alpha value is -1.44. The molecular weight excluding hydrogens is 372 g/mol. The van der Waals surface area contributed by atoms with E-state index in [0.29, 0.717) is 13.0 Å². The minimum absolute atomic E-state index is 0.0160. The van der Waals surface area contributed by atoms with Crippen LogP contribution in [-0.2, 0) is 22.7 Å². The van der Waals surface area contributed by atoms with Gasteiger partial charge in [0.25, 0.3) is 0 Å². The van der Waals surface area contributed by atoms with E-state index in [4.69, 9.17) is 0 Å². The number of carbonyl (C=O) groups excluding carboxylic acids is 2. The average molecular weight is 405 g/mol. The first-order chi connectivity index (χ1) is 13.6. The third kappa shape index (κ3) is 4.42. The molecule has 3 atom stereocenters. The lowest BCUT2D eigenvalue weighted by Crippen LogP contribution is -2.61. The van der Waals surface area contributed by atoms with E-state index >= 15 is 0 Å². The third-order valence-corrected chi connectivity index (χ3v) is 7.26. The number of piperidine rings is 1. The van der Waals surface area contributed by atoms with Gasteiger partial charge in [-0.25, -0.2) is 0 Å². The van der Waals surface area contributed by atoms with Gasteiger partial charge in [-0.3, -0.25) is 14.5 Å². The fourth-order valence-corrected chi connectivity index (χ4v) is 5.69. The maximum Gasteiger partial charge on any atom is 0.245 e. The number of amides is 2. The summed E-state index contributed by atoms with van der Waals surface area (Å²) in [6, 6.07) is 4.03. The van der Waals surface area contributed by atoms with Gasteiger partial charge in [-0.2, -0.15) is 0 Å². The van der Waals surface area contributed by atoms with Crippen molar-refractivity contribution in [1.29, 1.82) is 0 Å². The molecule has 154 valence electrons. The first-order valence-corrected chi connectivity index (χ1v) is 11.6. The Morgan fingerprint density at radius 3 is 2.75 bits per heavy atom. The molecule has 0 unspecified atom stereocenters. The van der Waals surface area contributed by atoms with E-state index in [2.05, 4.69) is 27.7 Å². The van der Waals surface area contributed by atoms with Crippen LogP contribution in [0, 0.1) is 0 Å². The molecule has 0 aliphatic carbocycles. The van der Waals surface area contributed by atoms with Crippen LogP contribution in [0.5, 0.6) is 0 Å². The second-order valence-electron chi connectivity index (χ2n) is 8.37. The summed E-state index contributed by atoms with van der Waals surface area (Å²) in [4.78, 5) is 32.1. The van der Waals surface area contributed by atoms with Crippen molar-refractivity contribution >= 4 is 23.2 Å². The second-order valence-corrected chi connectivity index (χ2v) is 9.63. The van der Waals surface area contributed by atoms with Crippen molar-refractivity contribution < 1.29 is 9.59 Å². The minimum atomic E-state index is -0.331. The Morgan fingerprint density at radius 1 is 1.18 bits per heavy atom. The molecule has 1 aromatic heterocycles. The number of fused-ring (bicyclic) bond motifs is 1. The zero-order chi connectivity index (χ0) is 19.5. The lowest BCUT2D eigenvalue weighted by molar-refractivity contribution is -0.147. The van der Waals surface area contributed by atoms with Gasteiger partial charge in [-0.15, -0.1) is 11.3 Å². The van der Waals surface area contributed by atoms with Gasteiger partial charge >= 0.3 is 0 Å². The molecule has 3 fully saturated rings. The Bertz CT molecular complexity index is 700. The predicted octanol–water partition coefficient (Wildman–Crippen LogP) is 2.09. The van der Waals surface area contributed by atoms with Crippen molar-refractivity contribution in [2.45, 2.75) is 76.7 Å². The number of hydrogen-bond donors (Lipinski definition) is 2. The average Bonchev–Trinajstić information content (AvgIpc) is 3.32.